The van der Waals surface area contributed by atoms with Crippen LogP contribution in [0.25, 0.3) is 0 Å². The molecule has 2 amide bonds. The van der Waals surface area contributed by atoms with E-state index in [1.54, 1.807) is 6.92 Å². The molecule has 0 radical (unpaired) electrons. The maximum absolute atomic E-state index is 12.2. The molecule has 0 saturated carbocycles. The summed E-state index contributed by atoms with van der Waals surface area (Å²) in [5.74, 6) is -1.18. The van der Waals surface area contributed by atoms with Gasteiger partial charge in [-0.2, -0.15) is 0 Å². The van der Waals surface area contributed by atoms with E-state index in [2.05, 4.69) is 10.6 Å². The number of hydrogen-bond donors (Lipinski definition) is 3. The molecule has 1 rings (SSSR count). The van der Waals surface area contributed by atoms with Crippen LogP contribution in [-0.4, -0.2) is 29.4 Å². The quantitative estimate of drug-likeness (QED) is 0.650. The van der Waals surface area contributed by atoms with Crippen molar-refractivity contribution < 1.29 is 9.59 Å². The van der Waals surface area contributed by atoms with E-state index in [1.807, 2.05) is 37.3 Å². The largest absolute Gasteiger partial charge is 0.393 e. The number of thiocarbonyl (C=S) groups is 1. The Labute approximate surface area is 130 Å². The summed E-state index contributed by atoms with van der Waals surface area (Å²) < 4.78 is 0. The van der Waals surface area contributed by atoms with E-state index in [9.17, 15) is 9.59 Å². The van der Waals surface area contributed by atoms with Crippen molar-refractivity contribution in [3.63, 3.8) is 0 Å². The molecule has 0 aliphatic rings. The van der Waals surface area contributed by atoms with Crippen molar-refractivity contribution in [3.8, 4) is 0 Å². The van der Waals surface area contributed by atoms with Gasteiger partial charge in [0.1, 0.15) is 6.04 Å². The monoisotopic (exact) mass is 307 g/mol. The van der Waals surface area contributed by atoms with Crippen molar-refractivity contribution in [2.75, 3.05) is 6.54 Å². The van der Waals surface area contributed by atoms with Crippen LogP contribution in [0.2, 0.25) is 0 Å². The van der Waals surface area contributed by atoms with Crippen LogP contribution in [-0.2, 0) is 16.0 Å². The first-order chi connectivity index (χ1) is 9.95. The van der Waals surface area contributed by atoms with Crippen molar-refractivity contribution in [1.82, 2.24) is 10.6 Å². The van der Waals surface area contributed by atoms with Gasteiger partial charge in [-0.3, -0.25) is 9.59 Å². The molecule has 2 atom stereocenters. The Kier molecular flexibility index (Phi) is 6.81. The van der Waals surface area contributed by atoms with Gasteiger partial charge < -0.3 is 16.4 Å². The van der Waals surface area contributed by atoms with Gasteiger partial charge in [0, 0.05) is 6.54 Å². The van der Waals surface area contributed by atoms with Crippen LogP contribution in [0, 0.1) is 5.92 Å². The lowest BCUT2D eigenvalue weighted by atomic mass is 9.98. The lowest BCUT2D eigenvalue weighted by Gasteiger charge is -2.19. The summed E-state index contributed by atoms with van der Waals surface area (Å²) in [5.41, 5.74) is 6.63. The van der Waals surface area contributed by atoms with Crippen molar-refractivity contribution in [3.05, 3.63) is 35.9 Å². The van der Waals surface area contributed by atoms with Gasteiger partial charge in [-0.25, -0.2) is 0 Å². The van der Waals surface area contributed by atoms with Crippen LogP contribution in [0.3, 0.4) is 0 Å². The third kappa shape index (κ3) is 5.51. The summed E-state index contributed by atoms with van der Waals surface area (Å²) >= 11 is 4.98. The first-order valence-electron chi connectivity index (χ1n) is 6.87. The third-order valence-corrected chi connectivity index (χ3v) is 3.33. The van der Waals surface area contributed by atoms with Gasteiger partial charge in [-0.05, 0) is 25.8 Å². The number of carbonyl (C=O) groups is 2. The van der Waals surface area contributed by atoms with Gasteiger partial charge in [0.2, 0.25) is 11.8 Å². The Morgan fingerprint density at radius 3 is 2.38 bits per heavy atom. The number of likely N-dealkylation sites (N-methyl/N-ethyl adjacent to an activating group) is 1. The van der Waals surface area contributed by atoms with Crippen LogP contribution in [0.15, 0.2) is 30.3 Å². The van der Waals surface area contributed by atoms with Gasteiger partial charge in [-0.15, -0.1) is 0 Å². The second-order valence-corrected chi connectivity index (χ2v) is 5.24. The summed E-state index contributed by atoms with van der Waals surface area (Å²) in [6.45, 7) is 3.96. The molecular weight excluding hydrogens is 286 g/mol. The van der Waals surface area contributed by atoms with E-state index in [0.29, 0.717) is 13.0 Å². The molecule has 0 fully saturated rings. The Morgan fingerprint density at radius 1 is 1.24 bits per heavy atom. The predicted molar refractivity (Wildman–Crippen MR) is 86.7 cm³/mol. The first kappa shape index (κ1) is 17.1. The molecule has 6 heteroatoms. The van der Waals surface area contributed by atoms with Crippen molar-refractivity contribution in [2.24, 2.45) is 11.7 Å². The number of rotatable bonds is 7. The predicted octanol–water partition coefficient (Wildman–Crippen LogP) is 0.772. The zero-order chi connectivity index (χ0) is 15.8. The fraction of sp³-hybridized carbons (Fsp3) is 0.400. The topological polar surface area (TPSA) is 84.2 Å². The van der Waals surface area contributed by atoms with Gasteiger partial charge in [-0.1, -0.05) is 42.5 Å². The lowest BCUT2D eigenvalue weighted by Crippen LogP contribution is -2.49. The Hall–Kier alpha value is -1.95. The number of carbonyl (C=O) groups excluding carboxylic acids is 2. The fourth-order valence-corrected chi connectivity index (χ4v) is 2.07. The molecule has 4 N–H and O–H groups in total. The summed E-state index contributed by atoms with van der Waals surface area (Å²) in [6.07, 6.45) is 0.421. The summed E-state index contributed by atoms with van der Waals surface area (Å²) in [6, 6.07) is 8.88. The fourth-order valence-electron chi connectivity index (χ4n) is 1.88. The molecule has 1 aromatic rings. The second kappa shape index (κ2) is 8.36. The van der Waals surface area contributed by atoms with E-state index in [1.165, 1.54) is 0 Å². The van der Waals surface area contributed by atoms with E-state index in [0.717, 1.165) is 5.56 Å². The van der Waals surface area contributed by atoms with Crippen LogP contribution >= 0.6 is 12.2 Å². The number of nitrogens with one attached hydrogen (secondary N) is 2. The zero-order valence-electron chi connectivity index (χ0n) is 12.3. The van der Waals surface area contributed by atoms with Crippen molar-refractivity contribution in [1.29, 1.82) is 0 Å². The van der Waals surface area contributed by atoms with Gasteiger partial charge in [0.05, 0.1) is 10.9 Å². The second-order valence-electron chi connectivity index (χ2n) is 4.77. The minimum absolute atomic E-state index is 0.124. The first-order valence-corrected chi connectivity index (χ1v) is 7.27. The number of hydrogen-bond acceptors (Lipinski definition) is 3. The standard InChI is InChI=1S/C15H21N3O2S/c1-3-17-14(19)10(2)18-15(20)12(13(16)21)9-11-7-5-4-6-8-11/h4-8,10,12H,3,9H2,1-2H3,(H2,16,21)(H,17,19)(H,18,20). The van der Waals surface area contributed by atoms with Crippen molar-refractivity contribution >= 4 is 29.0 Å². The van der Waals surface area contributed by atoms with E-state index >= 15 is 0 Å². The maximum Gasteiger partial charge on any atom is 0.242 e. The number of nitrogens with two attached hydrogens (primary N) is 1. The van der Waals surface area contributed by atoms with Gasteiger partial charge in [0.25, 0.3) is 0 Å². The molecule has 0 bridgehead atoms. The molecule has 5 nitrogen and oxygen atoms in total. The third-order valence-electron chi connectivity index (χ3n) is 3.05. The summed E-state index contributed by atoms with van der Waals surface area (Å²) in [4.78, 5) is 24.0. The minimum atomic E-state index is -0.626. The summed E-state index contributed by atoms with van der Waals surface area (Å²) in [7, 11) is 0. The van der Waals surface area contributed by atoms with Crippen LogP contribution in [0.5, 0.6) is 0 Å². The molecular formula is C15H21N3O2S. The van der Waals surface area contributed by atoms with Gasteiger partial charge in [0.15, 0.2) is 0 Å². The average Bonchev–Trinajstić information content (AvgIpc) is 2.45. The van der Waals surface area contributed by atoms with E-state index < -0.39 is 12.0 Å². The highest BCUT2D eigenvalue weighted by molar-refractivity contribution is 7.80. The highest BCUT2D eigenvalue weighted by Crippen LogP contribution is 2.10. The van der Waals surface area contributed by atoms with Gasteiger partial charge >= 0.3 is 0 Å². The average molecular weight is 307 g/mol. The highest BCUT2D eigenvalue weighted by Gasteiger charge is 2.25. The molecule has 0 spiro atoms. The lowest BCUT2D eigenvalue weighted by molar-refractivity contribution is -0.129. The molecule has 0 aliphatic heterocycles. The normalized spacial score (nSPS) is 13.0. The Balaban J connectivity index is 2.70. The molecule has 0 heterocycles. The van der Waals surface area contributed by atoms with Crippen LogP contribution in [0.1, 0.15) is 19.4 Å². The molecule has 0 saturated heterocycles. The minimum Gasteiger partial charge on any atom is -0.393 e. The van der Waals surface area contributed by atoms with Crippen LogP contribution < -0.4 is 16.4 Å². The smallest absolute Gasteiger partial charge is 0.242 e. The summed E-state index contributed by atoms with van der Waals surface area (Å²) in [5, 5.41) is 5.30. The van der Waals surface area contributed by atoms with E-state index in [-0.39, 0.29) is 16.8 Å². The van der Waals surface area contributed by atoms with E-state index in [4.69, 9.17) is 18.0 Å². The number of benzene rings is 1. The molecule has 114 valence electrons. The highest BCUT2D eigenvalue weighted by atomic mass is 32.1. The molecule has 0 aromatic heterocycles. The zero-order valence-corrected chi connectivity index (χ0v) is 13.1. The molecule has 1 aromatic carbocycles. The molecule has 2 unspecified atom stereocenters. The Bertz CT molecular complexity index is 505. The number of amides is 2. The maximum atomic E-state index is 12.2. The van der Waals surface area contributed by atoms with Crippen molar-refractivity contribution in [2.45, 2.75) is 26.3 Å². The van der Waals surface area contributed by atoms with Crippen LogP contribution in [0.4, 0.5) is 0 Å². The molecule has 0 aliphatic carbocycles. The Morgan fingerprint density at radius 2 is 1.86 bits per heavy atom. The molecule has 21 heavy (non-hydrogen) atoms. The SMILES string of the molecule is CCNC(=O)C(C)NC(=O)C(Cc1ccccc1)C(N)=S.